The van der Waals surface area contributed by atoms with Crippen LogP contribution in [0, 0.1) is 0 Å². The number of para-hydroxylation sites is 2. The zero-order valence-corrected chi connectivity index (χ0v) is 9.68. The number of aromatic nitrogens is 1. The van der Waals surface area contributed by atoms with Gasteiger partial charge in [-0.15, -0.1) is 11.3 Å². The largest absolute Gasteiger partial charge is 0.504 e. The summed E-state index contributed by atoms with van der Waals surface area (Å²) in [6, 6.07) is 5.90. The van der Waals surface area contributed by atoms with E-state index in [1.165, 1.54) is 17.6 Å². The predicted molar refractivity (Wildman–Crippen MR) is 62.1 cm³/mol. The normalized spacial score (nSPS) is 10.0. The second kappa shape index (κ2) is 4.84. The van der Waals surface area contributed by atoms with E-state index in [-0.39, 0.29) is 22.1 Å². The number of carbonyl (C=O) groups excluding carboxylic acids is 1. The van der Waals surface area contributed by atoms with Gasteiger partial charge in [0, 0.05) is 0 Å². The van der Waals surface area contributed by atoms with Gasteiger partial charge in [-0.25, -0.2) is 14.6 Å². The predicted octanol–water partition coefficient (Wildman–Crippen LogP) is 1.77. The summed E-state index contributed by atoms with van der Waals surface area (Å²) in [5.41, 5.74) is 0.880. The Bertz CT molecular complexity index is 607. The van der Waals surface area contributed by atoms with E-state index in [0.29, 0.717) is 0 Å². The summed E-state index contributed by atoms with van der Waals surface area (Å²) in [7, 11) is 0. The number of carboxylic acids is 1. The van der Waals surface area contributed by atoms with Gasteiger partial charge in [-0.3, -0.25) is 0 Å². The van der Waals surface area contributed by atoms with E-state index in [1.807, 2.05) is 0 Å². The van der Waals surface area contributed by atoms with Crippen molar-refractivity contribution in [2.45, 2.75) is 0 Å². The third-order valence-corrected chi connectivity index (χ3v) is 2.83. The number of rotatable bonds is 3. The van der Waals surface area contributed by atoms with Crippen LogP contribution in [0.25, 0.3) is 0 Å². The number of thiazole rings is 1. The minimum atomic E-state index is -1.31. The van der Waals surface area contributed by atoms with Crippen molar-refractivity contribution < 1.29 is 24.5 Å². The zero-order chi connectivity index (χ0) is 13.1. The van der Waals surface area contributed by atoms with Crippen LogP contribution in [-0.4, -0.2) is 27.1 Å². The molecule has 1 aromatic heterocycles. The fraction of sp³-hybridized carbons (Fsp3) is 0. The maximum atomic E-state index is 11.7. The molecule has 0 aliphatic carbocycles. The quantitative estimate of drug-likeness (QED) is 0.648. The molecule has 0 fully saturated rings. The van der Waals surface area contributed by atoms with Gasteiger partial charge in [-0.1, -0.05) is 12.1 Å². The molecule has 0 unspecified atom stereocenters. The maximum Gasteiger partial charge on any atom is 0.356 e. The first-order valence-electron chi connectivity index (χ1n) is 4.76. The number of carboxylic acid groups (broad SMARTS) is 1. The van der Waals surface area contributed by atoms with E-state index in [9.17, 15) is 14.7 Å². The highest BCUT2D eigenvalue weighted by atomic mass is 32.1. The second-order valence-corrected chi connectivity index (χ2v) is 4.05. The van der Waals surface area contributed by atoms with Gasteiger partial charge in [0.05, 0.1) is 5.51 Å². The van der Waals surface area contributed by atoms with Crippen molar-refractivity contribution in [3.05, 3.63) is 40.3 Å². The molecule has 0 radical (unpaired) electrons. The average Bonchev–Trinajstić information content (AvgIpc) is 2.81. The molecule has 0 bridgehead atoms. The highest BCUT2D eigenvalue weighted by molar-refractivity contribution is 7.12. The summed E-state index contributed by atoms with van der Waals surface area (Å²) in [6.45, 7) is 0. The molecule has 0 amide bonds. The number of hydrogen-bond donors (Lipinski definition) is 2. The second-order valence-electron chi connectivity index (χ2n) is 3.19. The summed E-state index contributed by atoms with van der Waals surface area (Å²) in [4.78, 5) is 26.0. The van der Waals surface area contributed by atoms with Gasteiger partial charge in [-0.2, -0.15) is 0 Å². The van der Waals surface area contributed by atoms with Crippen molar-refractivity contribution in [1.29, 1.82) is 0 Å². The topological polar surface area (TPSA) is 96.7 Å². The Balaban J connectivity index is 2.25. The summed E-state index contributed by atoms with van der Waals surface area (Å²) in [5, 5.41) is 18.2. The third-order valence-electron chi connectivity index (χ3n) is 2.02. The van der Waals surface area contributed by atoms with Crippen LogP contribution < -0.4 is 4.74 Å². The van der Waals surface area contributed by atoms with Gasteiger partial charge in [-0.05, 0) is 12.1 Å². The molecule has 2 N–H and O–H groups in total. The highest BCUT2D eigenvalue weighted by Crippen LogP contribution is 2.26. The van der Waals surface area contributed by atoms with Crippen molar-refractivity contribution in [2.75, 3.05) is 0 Å². The van der Waals surface area contributed by atoms with E-state index in [0.717, 1.165) is 11.3 Å². The third kappa shape index (κ3) is 2.30. The molecule has 6 nitrogen and oxygen atoms in total. The molecule has 1 aromatic carbocycles. The smallest absolute Gasteiger partial charge is 0.356 e. The summed E-state index contributed by atoms with van der Waals surface area (Å²) >= 11 is 0.863. The number of hydrogen-bond acceptors (Lipinski definition) is 6. The first-order valence-corrected chi connectivity index (χ1v) is 5.64. The molecule has 0 aliphatic rings. The van der Waals surface area contributed by atoms with Crippen LogP contribution in [0.15, 0.2) is 29.8 Å². The number of ether oxygens (including phenoxy) is 1. The Morgan fingerprint density at radius 2 is 2.00 bits per heavy atom. The van der Waals surface area contributed by atoms with Gasteiger partial charge in [0.25, 0.3) is 0 Å². The van der Waals surface area contributed by atoms with Crippen molar-refractivity contribution in [3.8, 4) is 11.5 Å². The summed E-state index contributed by atoms with van der Waals surface area (Å²) in [6.07, 6.45) is 0. The Morgan fingerprint density at radius 3 is 2.67 bits per heavy atom. The molecule has 92 valence electrons. The van der Waals surface area contributed by atoms with E-state index in [2.05, 4.69) is 4.98 Å². The Morgan fingerprint density at radius 1 is 1.28 bits per heavy atom. The molecule has 18 heavy (non-hydrogen) atoms. The number of phenols is 1. The Hall–Kier alpha value is -2.41. The molecule has 2 rings (SSSR count). The molecule has 7 heteroatoms. The fourth-order valence-corrected chi connectivity index (χ4v) is 1.89. The van der Waals surface area contributed by atoms with Gasteiger partial charge in [0.15, 0.2) is 17.2 Å². The lowest BCUT2D eigenvalue weighted by molar-refractivity contribution is 0.0664. The standard InChI is InChI=1S/C11H7NO5S/c13-6-3-1-2-4-7(6)17-11(16)9-8(10(14)15)12-5-18-9/h1-5,13H,(H,14,15). The monoisotopic (exact) mass is 265 g/mol. The SMILES string of the molecule is O=C(O)c1ncsc1C(=O)Oc1ccccc1O. The van der Waals surface area contributed by atoms with E-state index in [4.69, 9.17) is 9.84 Å². The van der Waals surface area contributed by atoms with Crippen LogP contribution in [0.5, 0.6) is 11.5 Å². The number of nitrogens with zero attached hydrogens (tertiary/aromatic N) is 1. The highest BCUT2D eigenvalue weighted by Gasteiger charge is 2.22. The van der Waals surface area contributed by atoms with E-state index in [1.54, 1.807) is 12.1 Å². The maximum absolute atomic E-state index is 11.7. The van der Waals surface area contributed by atoms with Gasteiger partial charge in [0.1, 0.15) is 4.88 Å². The van der Waals surface area contributed by atoms with Crippen molar-refractivity contribution >= 4 is 23.3 Å². The number of carbonyl (C=O) groups is 2. The first kappa shape index (κ1) is 12.1. The molecule has 0 spiro atoms. The molecule has 1 heterocycles. The Labute approximate surface area is 105 Å². The lowest BCUT2D eigenvalue weighted by atomic mass is 10.3. The van der Waals surface area contributed by atoms with Crippen LogP contribution in [0.4, 0.5) is 0 Å². The van der Waals surface area contributed by atoms with Gasteiger partial charge < -0.3 is 14.9 Å². The lowest BCUT2D eigenvalue weighted by Crippen LogP contribution is -2.12. The Kier molecular flexibility index (Phi) is 3.24. The van der Waals surface area contributed by atoms with E-state index >= 15 is 0 Å². The van der Waals surface area contributed by atoms with Gasteiger partial charge in [0.2, 0.25) is 0 Å². The minimum Gasteiger partial charge on any atom is -0.504 e. The van der Waals surface area contributed by atoms with Crippen molar-refractivity contribution in [2.24, 2.45) is 0 Å². The molecule has 0 aliphatic heterocycles. The molecule has 2 aromatic rings. The van der Waals surface area contributed by atoms with Crippen molar-refractivity contribution in [3.63, 3.8) is 0 Å². The zero-order valence-electron chi connectivity index (χ0n) is 8.86. The molecule has 0 saturated carbocycles. The van der Waals surface area contributed by atoms with Crippen LogP contribution >= 0.6 is 11.3 Å². The van der Waals surface area contributed by atoms with Crippen LogP contribution in [0.2, 0.25) is 0 Å². The number of phenolic OH excluding ortho intramolecular Hbond substituents is 1. The number of benzene rings is 1. The first-order chi connectivity index (χ1) is 8.59. The molecular weight excluding hydrogens is 258 g/mol. The van der Waals surface area contributed by atoms with Crippen LogP contribution in [0.3, 0.4) is 0 Å². The fourth-order valence-electron chi connectivity index (χ4n) is 1.23. The van der Waals surface area contributed by atoms with E-state index < -0.39 is 11.9 Å². The molecule has 0 atom stereocenters. The van der Waals surface area contributed by atoms with Crippen LogP contribution in [0.1, 0.15) is 20.2 Å². The minimum absolute atomic E-state index is 0.0350. The summed E-state index contributed by atoms with van der Waals surface area (Å²) < 4.78 is 4.90. The average molecular weight is 265 g/mol. The molecular formula is C11H7NO5S. The number of aromatic carboxylic acids is 1. The number of esters is 1. The van der Waals surface area contributed by atoms with Crippen LogP contribution in [-0.2, 0) is 0 Å². The summed E-state index contributed by atoms with van der Waals surface area (Å²) in [5.74, 6) is -2.41. The lowest BCUT2D eigenvalue weighted by Gasteiger charge is -2.04. The molecule has 0 saturated heterocycles. The van der Waals surface area contributed by atoms with Crippen molar-refractivity contribution in [1.82, 2.24) is 4.98 Å². The van der Waals surface area contributed by atoms with Gasteiger partial charge >= 0.3 is 11.9 Å². The number of aromatic hydroxyl groups is 1.